The van der Waals surface area contributed by atoms with E-state index in [1.54, 1.807) is 13.3 Å². The second-order valence-electron chi connectivity index (χ2n) is 4.07. The van der Waals surface area contributed by atoms with E-state index in [0.29, 0.717) is 0 Å². The summed E-state index contributed by atoms with van der Waals surface area (Å²) in [5, 5.41) is 0. The van der Waals surface area contributed by atoms with Crippen LogP contribution in [0, 0.1) is 0 Å². The smallest absolute Gasteiger partial charge is 0.231 e. The van der Waals surface area contributed by atoms with Crippen LogP contribution in [-0.4, -0.2) is 20.1 Å². The van der Waals surface area contributed by atoms with Crippen molar-refractivity contribution < 1.29 is 14.2 Å². The van der Waals surface area contributed by atoms with Gasteiger partial charge >= 0.3 is 0 Å². The van der Waals surface area contributed by atoms with E-state index in [-0.39, 0.29) is 6.79 Å². The van der Waals surface area contributed by atoms with Crippen molar-refractivity contribution in [3.05, 3.63) is 48.0 Å². The second kappa shape index (κ2) is 5.02. The van der Waals surface area contributed by atoms with Crippen molar-refractivity contribution in [3.63, 3.8) is 0 Å². The van der Waals surface area contributed by atoms with Crippen molar-refractivity contribution in [1.29, 1.82) is 0 Å². The van der Waals surface area contributed by atoms with E-state index in [2.05, 4.69) is 4.99 Å². The molecule has 1 aliphatic rings. The quantitative estimate of drug-likeness (QED) is 0.791. The van der Waals surface area contributed by atoms with Crippen molar-refractivity contribution in [3.8, 4) is 17.2 Å². The Bertz CT molecular complexity index is 623. The summed E-state index contributed by atoms with van der Waals surface area (Å²) in [6.07, 6.45) is 1.79. The molecule has 0 atom stereocenters. The maximum Gasteiger partial charge on any atom is 0.231 e. The standard InChI is InChI=1S/C15H13NO3/c1-17-13-4-2-3-12(8-13)16-9-11-5-6-14-15(7-11)19-10-18-14/h2-9H,10H2,1H3. The van der Waals surface area contributed by atoms with Gasteiger partial charge in [0.1, 0.15) is 5.75 Å². The lowest BCUT2D eigenvalue weighted by Gasteiger charge is -2.00. The average Bonchev–Trinajstić information content (AvgIpc) is 2.93. The molecule has 0 saturated heterocycles. The van der Waals surface area contributed by atoms with Gasteiger partial charge < -0.3 is 14.2 Å². The fourth-order valence-corrected chi connectivity index (χ4v) is 1.83. The summed E-state index contributed by atoms with van der Waals surface area (Å²) in [5.74, 6) is 2.33. The van der Waals surface area contributed by atoms with E-state index in [4.69, 9.17) is 14.2 Å². The maximum atomic E-state index is 5.32. The second-order valence-corrected chi connectivity index (χ2v) is 4.07. The SMILES string of the molecule is COc1cccc(N=Cc2ccc3c(c2)OCO3)c1. The molecule has 0 amide bonds. The molecule has 1 aliphatic heterocycles. The summed E-state index contributed by atoms with van der Waals surface area (Å²) in [5.41, 5.74) is 1.81. The largest absolute Gasteiger partial charge is 0.497 e. The number of nitrogens with zero attached hydrogens (tertiary/aromatic N) is 1. The van der Waals surface area contributed by atoms with Gasteiger partial charge in [-0.1, -0.05) is 6.07 Å². The average molecular weight is 255 g/mol. The van der Waals surface area contributed by atoms with Crippen LogP contribution < -0.4 is 14.2 Å². The monoisotopic (exact) mass is 255 g/mol. The fraction of sp³-hybridized carbons (Fsp3) is 0.133. The number of aliphatic imine (C=N–C) groups is 1. The van der Waals surface area contributed by atoms with Gasteiger partial charge in [-0.2, -0.15) is 0 Å². The van der Waals surface area contributed by atoms with Crippen LogP contribution in [0.3, 0.4) is 0 Å². The third kappa shape index (κ3) is 2.52. The molecule has 0 bridgehead atoms. The van der Waals surface area contributed by atoms with Crippen LogP contribution in [0.4, 0.5) is 5.69 Å². The lowest BCUT2D eigenvalue weighted by molar-refractivity contribution is 0.174. The first kappa shape index (κ1) is 11.6. The Hall–Kier alpha value is -2.49. The molecule has 4 nitrogen and oxygen atoms in total. The minimum absolute atomic E-state index is 0.284. The molecule has 2 aromatic rings. The summed E-state index contributed by atoms with van der Waals surface area (Å²) in [4.78, 5) is 4.41. The van der Waals surface area contributed by atoms with Crippen LogP contribution in [-0.2, 0) is 0 Å². The number of hydrogen-bond acceptors (Lipinski definition) is 4. The van der Waals surface area contributed by atoms with Gasteiger partial charge in [0.25, 0.3) is 0 Å². The molecule has 2 aromatic carbocycles. The van der Waals surface area contributed by atoms with Gasteiger partial charge in [0.2, 0.25) is 6.79 Å². The molecular formula is C15H13NO3. The number of hydrogen-bond donors (Lipinski definition) is 0. The van der Waals surface area contributed by atoms with E-state index in [1.165, 1.54) is 0 Å². The molecule has 0 fully saturated rings. The maximum absolute atomic E-state index is 5.32. The van der Waals surface area contributed by atoms with Gasteiger partial charge in [-0.15, -0.1) is 0 Å². The fourth-order valence-electron chi connectivity index (χ4n) is 1.83. The van der Waals surface area contributed by atoms with Crippen LogP contribution >= 0.6 is 0 Å². The van der Waals surface area contributed by atoms with Crippen LogP contribution in [0.5, 0.6) is 17.2 Å². The zero-order valence-electron chi connectivity index (χ0n) is 10.5. The van der Waals surface area contributed by atoms with E-state index < -0.39 is 0 Å². The van der Waals surface area contributed by atoms with Gasteiger partial charge in [0.15, 0.2) is 11.5 Å². The molecule has 0 aromatic heterocycles. The Labute approximate surface area is 111 Å². The predicted octanol–water partition coefficient (Wildman–Crippen LogP) is 3.17. The number of fused-ring (bicyclic) bond motifs is 1. The highest BCUT2D eigenvalue weighted by Gasteiger charge is 2.12. The van der Waals surface area contributed by atoms with Gasteiger partial charge in [-0.05, 0) is 35.9 Å². The van der Waals surface area contributed by atoms with Crippen molar-refractivity contribution in [2.24, 2.45) is 4.99 Å². The molecule has 0 spiro atoms. The van der Waals surface area contributed by atoms with Gasteiger partial charge in [0, 0.05) is 12.3 Å². The van der Waals surface area contributed by atoms with E-state index in [9.17, 15) is 0 Å². The van der Waals surface area contributed by atoms with Crippen LogP contribution in [0.1, 0.15) is 5.56 Å². The highest BCUT2D eigenvalue weighted by Crippen LogP contribution is 2.32. The predicted molar refractivity (Wildman–Crippen MR) is 72.8 cm³/mol. The van der Waals surface area contributed by atoms with Crippen LogP contribution in [0.15, 0.2) is 47.5 Å². The van der Waals surface area contributed by atoms with Gasteiger partial charge in [-0.3, -0.25) is 4.99 Å². The van der Waals surface area contributed by atoms with Crippen molar-refractivity contribution in [2.45, 2.75) is 0 Å². The van der Waals surface area contributed by atoms with Crippen molar-refractivity contribution in [1.82, 2.24) is 0 Å². The summed E-state index contributed by atoms with van der Waals surface area (Å²) in [7, 11) is 1.64. The third-order valence-corrected chi connectivity index (χ3v) is 2.81. The molecule has 19 heavy (non-hydrogen) atoms. The lowest BCUT2D eigenvalue weighted by Crippen LogP contribution is -1.92. The molecule has 0 aliphatic carbocycles. The Kier molecular flexibility index (Phi) is 3.06. The Morgan fingerprint density at radius 3 is 2.89 bits per heavy atom. The molecule has 0 N–H and O–H groups in total. The van der Waals surface area contributed by atoms with Gasteiger partial charge in [0.05, 0.1) is 12.8 Å². The zero-order chi connectivity index (χ0) is 13.1. The van der Waals surface area contributed by atoms with E-state index >= 15 is 0 Å². The molecular weight excluding hydrogens is 242 g/mol. The van der Waals surface area contributed by atoms with Crippen molar-refractivity contribution in [2.75, 3.05) is 13.9 Å². The van der Waals surface area contributed by atoms with Crippen molar-refractivity contribution >= 4 is 11.9 Å². The first-order valence-corrected chi connectivity index (χ1v) is 5.93. The topological polar surface area (TPSA) is 40.0 Å². The Morgan fingerprint density at radius 2 is 2.00 bits per heavy atom. The molecule has 3 rings (SSSR count). The highest BCUT2D eigenvalue weighted by molar-refractivity contribution is 5.83. The third-order valence-electron chi connectivity index (χ3n) is 2.81. The normalized spacial score (nSPS) is 12.9. The summed E-state index contributed by atoms with van der Waals surface area (Å²) in [6.45, 7) is 0.284. The summed E-state index contributed by atoms with van der Waals surface area (Å²) in [6, 6.07) is 13.3. The number of methoxy groups -OCH3 is 1. The number of benzene rings is 2. The number of rotatable bonds is 3. The first-order chi connectivity index (χ1) is 9.35. The molecule has 0 radical (unpaired) electrons. The van der Waals surface area contributed by atoms with E-state index in [1.807, 2.05) is 42.5 Å². The Balaban J connectivity index is 1.82. The molecule has 1 heterocycles. The Morgan fingerprint density at radius 1 is 1.11 bits per heavy atom. The minimum Gasteiger partial charge on any atom is -0.497 e. The lowest BCUT2D eigenvalue weighted by atomic mass is 10.2. The van der Waals surface area contributed by atoms with Gasteiger partial charge in [-0.25, -0.2) is 0 Å². The minimum atomic E-state index is 0.284. The summed E-state index contributed by atoms with van der Waals surface area (Å²) < 4.78 is 15.7. The molecule has 4 heteroatoms. The van der Waals surface area contributed by atoms with Crippen LogP contribution in [0.2, 0.25) is 0 Å². The number of ether oxygens (including phenoxy) is 3. The highest BCUT2D eigenvalue weighted by atomic mass is 16.7. The molecule has 96 valence electrons. The van der Waals surface area contributed by atoms with Crippen LogP contribution in [0.25, 0.3) is 0 Å². The first-order valence-electron chi connectivity index (χ1n) is 5.93. The zero-order valence-corrected chi connectivity index (χ0v) is 10.5. The van der Waals surface area contributed by atoms with E-state index in [0.717, 1.165) is 28.5 Å². The molecule has 0 unspecified atom stereocenters. The molecule has 0 saturated carbocycles. The summed E-state index contributed by atoms with van der Waals surface area (Å²) >= 11 is 0.